The Kier molecular flexibility index (Phi) is 5.14. The summed E-state index contributed by atoms with van der Waals surface area (Å²) in [5.74, 6) is -0.834. The average Bonchev–Trinajstić information content (AvgIpc) is 2.55. The monoisotopic (exact) mass is 301 g/mol. The SMILES string of the molecule is NCCCOc1cccc([C@](O)(C(=O)O)c2ccccc2)c1. The molecule has 0 bridgehead atoms. The van der Waals surface area contributed by atoms with Crippen molar-refractivity contribution in [1.82, 2.24) is 0 Å². The third-order valence-corrected chi connectivity index (χ3v) is 3.37. The normalized spacial score (nSPS) is 13.4. The minimum atomic E-state index is -2.12. The molecule has 2 rings (SSSR count). The van der Waals surface area contributed by atoms with Crippen molar-refractivity contribution in [3.63, 3.8) is 0 Å². The topological polar surface area (TPSA) is 92.8 Å². The number of ether oxygens (including phenoxy) is 1. The summed E-state index contributed by atoms with van der Waals surface area (Å²) >= 11 is 0. The predicted molar refractivity (Wildman–Crippen MR) is 82.7 cm³/mol. The van der Waals surface area contributed by atoms with Crippen LogP contribution < -0.4 is 10.5 Å². The zero-order chi connectivity index (χ0) is 16.0. The van der Waals surface area contributed by atoms with Gasteiger partial charge in [-0.2, -0.15) is 0 Å². The molecule has 1 atom stereocenters. The van der Waals surface area contributed by atoms with E-state index in [0.29, 0.717) is 30.9 Å². The van der Waals surface area contributed by atoms with Crippen molar-refractivity contribution >= 4 is 5.97 Å². The minimum absolute atomic E-state index is 0.247. The van der Waals surface area contributed by atoms with Crippen LogP contribution in [0.2, 0.25) is 0 Å². The van der Waals surface area contributed by atoms with Crippen molar-refractivity contribution in [3.05, 3.63) is 65.7 Å². The number of hydrogen-bond acceptors (Lipinski definition) is 4. The number of aliphatic carboxylic acids is 1. The molecular formula is C17H19NO4. The van der Waals surface area contributed by atoms with E-state index in [4.69, 9.17) is 10.5 Å². The smallest absolute Gasteiger partial charge is 0.345 e. The number of nitrogens with two attached hydrogens (primary N) is 1. The lowest BCUT2D eigenvalue weighted by molar-refractivity contribution is -0.155. The van der Waals surface area contributed by atoms with Gasteiger partial charge in [0.1, 0.15) is 5.75 Å². The Balaban J connectivity index is 2.37. The highest BCUT2D eigenvalue weighted by molar-refractivity contribution is 5.83. The molecule has 5 nitrogen and oxygen atoms in total. The molecular weight excluding hydrogens is 282 g/mol. The van der Waals surface area contributed by atoms with E-state index in [1.807, 2.05) is 0 Å². The van der Waals surface area contributed by atoms with Crippen LogP contribution in [-0.2, 0) is 10.4 Å². The van der Waals surface area contributed by atoms with Gasteiger partial charge in [-0.05, 0) is 30.7 Å². The van der Waals surface area contributed by atoms with Crippen LogP contribution in [0.4, 0.5) is 0 Å². The highest BCUT2D eigenvalue weighted by Crippen LogP contribution is 2.32. The van der Waals surface area contributed by atoms with Crippen LogP contribution in [0, 0.1) is 0 Å². The lowest BCUT2D eigenvalue weighted by atomic mass is 9.86. The molecule has 116 valence electrons. The molecule has 2 aromatic rings. The van der Waals surface area contributed by atoms with Crippen LogP contribution in [0.5, 0.6) is 5.75 Å². The van der Waals surface area contributed by atoms with E-state index < -0.39 is 11.6 Å². The first-order valence-corrected chi connectivity index (χ1v) is 7.03. The van der Waals surface area contributed by atoms with Crippen LogP contribution >= 0.6 is 0 Å². The third-order valence-electron chi connectivity index (χ3n) is 3.37. The number of carboxylic acid groups (broad SMARTS) is 1. The van der Waals surface area contributed by atoms with Crippen LogP contribution in [0.15, 0.2) is 54.6 Å². The largest absolute Gasteiger partial charge is 0.494 e. The number of aliphatic hydroxyl groups is 1. The Morgan fingerprint density at radius 3 is 2.41 bits per heavy atom. The van der Waals surface area contributed by atoms with Crippen molar-refractivity contribution in [3.8, 4) is 5.75 Å². The maximum Gasteiger partial charge on any atom is 0.345 e. The maximum absolute atomic E-state index is 11.7. The first-order valence-electron chi connectivity index (χ1n) is 7.03. The molecule has 0 unspecified atom stereocenters. The fourth-order valence-electron chi connectivity index (χ4n) is 2.18. The molecule has 4 N–H and O–H groups in total. The number of carbonyl (C=O) groups is 1. The van der Waals surface area contributed by atoms with Crippen molar-refractivity contribution in [2.24, 2.45) is 5.73 Å². The molecule has 0 saturated carbocycles. The van der Waals surface area contributed by atoms with Crippen LogP contribution in [0.25, 0.3) is 0 Å². The highest BCUT2D eigenvalue weighted by atomic mass is 16.5. The van der Waals surface area contributed by atoms with Gasteiger partial charge < -0.3 is 20.7 Å². The summed E-state index contributed by atoms with van der Waals surface area (Å²) < 4.78 is 5.51. The molecule has 0 saturated heterocycles. The Morgan fingerprint density at radius 1 is 1.09 bits per heavy atom. The standard InChI is InChI=1S/C17H19NO4/c18-10-5-11-22-15-9-4-8-14(12-15)17(21,16(19)20)13-6-2-1-3-7-13/h1-4,6-9,12,21H,5,10-11,18H2,(H,19,20)/t17-/m0/s1. The first-order chi connectivity index (χ1) is 10.6. The second-order valence-electron chi connectivity index (χ2n) is 4.90. The lowest BCUT2D eigenvalue weighted by Gasteiger charge is -2.25. The van der Waals surface area contributed by atoms with Gasteiger partial charge in [-0.25, -0.2) is 4.79 Å². The van der Waals surface area contributed by atoms with Crippen LogP contribution in [0.3, 0.4) is 0 Å². The summed E-state index contributed by atoms with van der Waals surface area (Å²) in [6.07, 6.45) is 0.701. The van der Waals surface area contributed by atoms with Gasteiger partial charge in [-0.15, -0.1) is 0 Å². The summed E-state index contributed by atoms with van der Waals surface area (Å²) in [6.45, 7) is 0.958. The fraction of sp³-hybridized carbons (Fsp3) is 0.235. The molecule has 0 aliphatic rings. The highest BCUT2D eigenvalue weighted by Gasteiger charge is 2.40. The maximum atomic E-state index is 11.7. The molecule has 22 heavy (non-hydrogen) atoms. The quantitative estimate of drug-likeness (QED) is 0.677. The van der Waals surface area contributed by atoms with Gasteiger partial charge in [0.05, 0.1) is 6.61 Å². The van der Waals surface area contributed by atoms with Crippen LogP contribution in [-0.4, -0.2) is 29.3 Å². The van der Waals surface area contributed by atoms with Gasteiger partial charge in [0.15, 0.2) is 0 Å². The van der Waals surface area contributed by atoms with E-state index in [1.54, 1.807) is 48.5 Å². The summed E-state index contributed by atoms with van der Waals surface area (Å²) in [6, 6.07) is 14.8. The van der Waals surface area contributed by atoms with E-state index in [0.717, 1.165) is 0 Å². The van der Waals surface area contributed by atoms with Gasteiger partial charge in [-0.1, -0.05) is 42.5 Å². The Morgan fingerprint density at radius 2 is 1.77 bits per heavy atom. The van der Waals surface area contributed by atoms with Gasteiger partial charge >= 0.3 is 5.97 Å². The number of benzene rings is 2. The molecule has 5 heteroatoms. The van der Waals surface area contributed by atoms with Crippen molar-refractivity contribution in [2.45, 2.75) is 12.0 Å². The Labute approximate surface area is 129 Å². The Bertz CT molecular complexity index is 630. The molecule has 0 aliphatic carbocycles. The minimum Gasteiger partial charge on any atom is -0.494 e. The predicted octanol–water partition coefficient (Wildman–Crippen LogP) is 1.73. The molecule has 0 amide bonds. The first kappa shape index (κ1) is 16.0. The second-order valence-corrected chi connectivity index (χ2v) is 4.90. The zero-order valence-corrected chi connectivity index (χ0v) is 12.1. The fourth-order valence-corrected chi connectivity index (χ4v) is 2.18. The summed E-state index contributed by atoms with van der Waals surface area (Å²) in [5.41, 5.74) is 3.83. The Hall–Kier alpha value is -2.37. The van der Waals surface area contributed by atoms with Crippen LogP contribution in [0.1, 0.15) is 17.5 Å². The van der Waals surface area contributed by atoms with Crippen molar-refractivity contribution in [2.75, 3.05) is 13.2 Å². The third kappa shape index (κ3) is 3.27. The summed E-state index contributed by atoms with van der Waals surface area (Å²) in [4.78, 5) is 11.7. The number of hydrogen-bond donors (Lipinski definition) is 3. The summed E-state index contributed by atoms with van der Waals surface area (Å²) in [5, 5.41) is 20.3. The van der Waals surface area contributed by atoms with E-state index in [1.165, 1.54) is 6.07 Å². The van der Waals surface area contributed by atoms with Gasteiger partial charge in [0, 0.05) is 5.56 Å². The van der Waals surface area contributed by atoms with E-state index in [2.05, 4.69) is 0 Å². The molecule has 0 radical (unpaired) electrons. The summed E-state index contributed by atoms with van der Waals surface area (Å²) in [7, 11) is 0. The van der Waals surface area contributed by atoms with E-state index in [-0.39, 0.29) is 5.56 Å². The van der Waals surface area contributed by atoms with E-state index in [9.17, 15) is 15.0 Å². The van der Waals surface area contributed by atoms with Gasteiger partial charge in [-0.3, -0.25) is 0 Å². The number of rotatable bonds is 7. The molecule has 2 aromatic carbocycles. The molecule has 0 aromatic heterocycles. The number of carboxylic acids is 1. The van der Waals surface area contributed by atoms with Crippen molar-refractivity contribution < 1.29 is 19.7 Å². The van der Waals surface area contributed by atoms with Gasteiger partial charge in [0.2, 0.25) is 5.60 Å². The lowest BCUT2D eigenvalue weighted by Crippen LogP contribution is -2.36. The zero-order valence-electron chi connectivity index (χ0n) is 12.1. The molecule has 0 fully saturated rings. The molecule has 0 aliphatic heterocycles. The van der Waals surface area contributed by atoms with E-state index >= 15 is 0 Å². The molecule has 0 spiro atoms. The molecule has 0 heterocycles. The average molecular weight is 301 g/mol. The second kappa shape index (κ2) is 7.06. The van der Waals surface area contributed by atoms with Gasteiger partial charge in [0.25, 0.3) is 0 Å². The van der Waals surface area contributed by atoms with Crippen molar-refractivity contribution in [1.29, 1.82) is 0 Å².